The molecule has 1 N–H and O–H groups in total. The lowest BCUT2D eigenvalue weighted by Gasteiger charge is -2.28. The van der Waals surface area contributed by atoms with E-state index in [1.807, 2.05) is 5.38 Å². The molecule has 1 aromatic carbocycles. The van der Waals surface area contributed by atoms with Crippen LogP contribution in [0.15, 0.2) is 39.9 Å². The number of hydrogen-bond acceptors (Lipinski definition) is 3. The Morgan fingerprint density at radius 2 is 1.91 bits per heavy atom. The maximum atomic E-state index is 12.6. The summed E-state index contributed by atoms with van der Waals surface area (Å²) >= 11 is 13.6. The molecule has 1 heterocycles. The van der Waals surface area contributed by atoms with Crippen molar-refractivity contribution in [1.29, 1.82) is 0 Å². The molecule has 1 saturated carbocycles. The first-order valence-corrected chi connectivity index (χ1v) is 10.6. The van der Waals surface area contributed by atoms with Gasteiger partial charge in [-0.05, 0) is 53.4 Å². The lowest BCUT2D eigenvalue weighted by molar-refractivity contribution is 0.433. The highest BCUT2D eigenvalue weighted by Crippen LogP contribution is 2.41. The third-order valence-electron chi connectivity index (χ3n) is 4.48. The molecule has 0 saturated heterocycles. The normalized spacial score (nSPS) is 17.5. The lowest BCUT2D eigenvalue weighted by Crippen LogP contribution is -2.38. The number of thiophene rings is 1. The number of hydrogen-bond donors (Lipinski definition) is 1. The maximum absolute atomic E-state index is 12.6. The molecule has 0 bridgehead atoms. The summed E-state index contributed by atoms with van der Waals surface area (Å²) in [6.45, 7) is 0.384. The average molecular weight is 390 g/mol. The molecule has 0 aliphatic heterocycles. The van der Waals surface area contributed by atoms with Crippen molar-refractivity contribution in [3.63, 3.8) is 0 Å². The molecule has 0 unspecified atom stereocenters. The number of benzene rings is 1. The van der Waals surface area contributed by atoms with Crippen LogP contribution in [-0.2, 0) is 15.4 Å². The minimum absolute atomic E-state index is 0.0325. The summed E-state index contributed by atoms with van der Waals surface area (Å²) in [6.07, 6.45) is 4.23. The third-order valence-corrected chi connectivity index (χ3v) is 7.28. The van der Waals surface area contributed by atoms with Gasteiger partial charge in [-0.2, -0.15) is 11.3 Å². The van der Waals surface area contributed by atoms with E-state index in [1.165, 1.54) is 17.7 Å². The molecule has 124 valence electrons. The highest BCUT2D eigenvalue weighted by Gasteiger charge is 2.37. The Hall–Kier alpha value is -0.590. The Morgan fingerprint density at radius 3 is 2.57 bits per heavy atom. The molecule has 0 atom stereocenters. The number of rotatable bonds is 5. The SMILES string of the molecule is O=S(=O)(NCC1(c2ccsc2)CCCC1)c1cc(Cl)ccc1Cl. The standard InChI is InChI=1S/C16H17Cl2NO2S2/c17-13-3-4-14(18)15(9-13)23(20,21)19-11-16(6-1-2-7-16)12-5-8-22-10-12/h3-5,8-10,19H,1-2,6-7,11H2. The van der Waals surface area contributed by atoms with Gasteiger partial charge in [0.25, 0.3) is 0 Å². The topological polar surface area (TPSA) is 46.2 Å². The smallest absolute Gasteiger partial charge is 0.210 e. The van der Waals surface area contributed by atoms with Crippen molar-refractivity contribution in [2.24, 2.45) is 0 Å². The van der Waals surface area contributed by atoms with Crippen LogP contribution in [0.1, 0.15) is 31.2 Å². The van der Waals surface area contributed by atoms with Crippen LogP contribution in [0.25, 0.3) is 0 Å². The zero-order valence-corrected chi connectivity index (χ0v) is 15.5. The minimum Gasteiger partial charge on any atom is -0.210 e. The van der Waals surface area contributed by atoms with E-state index in [4.69, 9.17) is 23.2 Å². The molecule has 0 spiro atoms. The van der Waals surface area contributed by atoms with Gasteiger partial charge < -0.3 is 0 Å². The minimum atomic E-state index is -3.69. The Bertz CT molecular complexity index is 782. The van der Waals surface area contributed by atoms with E-state index >= 15 is 0 Å². The van der Waals surface area contributed by atoms with E-state index in [0.717, 1.165) is 25.7 Å². The van der Waals surface area contributed by atoms with Gasteiger partial charge in [0.15, 0.2) is 0 Å². The monoisotopic (exact) mass is 389 g/mol. The Kier molecular flexibility index (Phi) is 5.04. The molecule has 1 aliphatic rings. The van der Waals surface area contributed by atoms with Crippen LogP contribution >= 0.6 is 34.5 Å². The summed E-state index contributed by atoms with van der Waals surface area (Å²) in [6, 6.07) is 6.56. The predicted molar refractivity (Wildman–Crippen MR) is 96.1 cm³/mol. The second-order valence-corrected chi connectivity index (χ2v) is 9.26. The highest BCUT2D eigenvalue weighted by molar-refractivity contribution is 7.89. The van der Waals surface area contributed by atoms with Crippen LogP contribution in [0, 0.1) is 0 Å². The van der Waals surface area contributed by atoms with Gasteiger partial charge in [-0.3, -0.25) is 0 Å². The van der Waals surface area contributed by atoms with Gasteiger partial charge in [-0.15, -0.1) is 0 Å². The van der Waals surface area contributed by atoms with Crippen LogP contribution in [0.3, 0.4) is 0 Å². The fraction of sp³-hybridized carbons (Fsp3) is 0.375. The average Bonchev–Trinajstić information content (AvgIpc) is 3.19. The summed E-state index contributed by atoms with van der Waals surface area (Å²) in [7, 11) is -3.69. The Labute approximate surface area is 150 Å². The van der Waals surface area contributed by atoms with Crippen molar-refractivity contribution >= 4 is 44.6 Å². The molecule has 3 rings (SSSR count). The first-order valence-electron chi connectivity index (χ1n) is 7.40. The molecular formula is C16H17Cl2NO2S2. The van der Waals surface area contributed by atoms with Gasteiger partial charge in [0.1, 0.15) is 4.90 Å². The van der Waals surface area contributed by atoms with E-state index in [9.17, 15) is 8.42 Å². The molecule has 0 radical (unpaired) electrons. The van der Waals surface area contributed by atoms with Gasteiger partial charge in [-0.1, -0.05) is 36.0 Å². The number of halogens is 2. The molecule has 7 heteroatoms. The highest BCUT2D eigenvalue weighted by atomic mass is 35.5. The van der Waals surface area contributed by atoms with Gasteiger partial charge in [0.2, 0.25) is 10.0 Å². The second kappa shape index (κ2) is 6.73. The molecule has 2 aromatic rings. The van der Waals surface area contributed by atoms with Crippen molar-refractivity contribution in [1.82, 2.24) is 4.72 Å². The summed E-state index contributed by atoms with van der Waals surface area (Å²) in [5.74, 6) is 0. The van der Waals surface area contributed by atoms with E-state index in [2.05, 4.69) is 16.2 Å². The third kappa shape index (κ3) is 3.59. The number of nitrogens with one attached hydrogen (secondary N) is 1. The Balaban J connectivity index is 1.85. The molecule has 3 nitrogen and oxygen atoms in total. The van der Waals surface area contributed by atoms with E-state index in [1.54, 1.807) is 17.4 Å². The van der Waals surface area contributed by atoms with Gasteiger partial charge in [-0.25, -0.2) is 13.1 Å². The van der Waals surface area contributed by atoms with Crippen molar-refractivity contribution < 1.29 is 8.42 Å². The molecule has 1 fully saturated rings. The molecule has 23 heavy (non-hydrogen) atoms. The predicted octanol–water partition coefficient (Wildman–Crippen LogP) is 4.85. The lowest BCUT2D eigenvalue weighted by atomic mass is 9.81. The van der Waals surface area contributed by atoms with E-state index in [0.29, 0.717) is 11.6 Å². The van der Waals surface area contributed by atoms with Crippen LogP contribution in [0.5, 0.6) is 0 Å². The van der Waals surface area contributed by atoms with Crippen LogP contribution in [0.4, 0.5) is 0 Å². The first-order chi connectivity index (χ1) is 10.9. The quantitative estimate of drug-likeness (QED) is 0.794. The molecule has 1 aromatic heterocycles. The summed E-state index contributed by atoms with van der Waals surface area (Å²) in [5.41, 5.74) is 1.11. The second-order valence-electron chi connectivity index (χ2n) is 5.90. The van der Waals surface area contributed by atoms with Crippen LogP contribution in [-0.4, -0.2) is 15.0 Å². The number of sulfonamides is 1. The fourth-order valence-electron chi connectivity index (χ4n) is 3.18. The van der Waals surface area contributed by atoms with Crippen molar-refractivity contribution in [2.45, 2.75) is 36.0 Å². The summed E-state index contributed by atoms with van der Waals surface area (Å²) in [4.78, 5) is 0.0325. The Morgan fingerprint density at radius 1 is 1.17 bits per heavy atom. The molecule has 0 amide bonds. The largest absolute Gasteiger partial charge is 0.242 e. The summed E-state index contributed by atoms with van der Waals surface area (Å²) in [5, 5.41) is 4.69. The fourth-order valence-corrected chi connectivity index (χ4v) is 5.85. The van der Waals surface area contributed by atoms with Crippen molar-refractivity contribution in [3.8, 4) is 0 Å². The zero-order valence-electron chi connectivity index (χ0n) is 12.4. The van der Waals surface area contributed by atoms with E-state index in [-0.39, 0.29) is 15.3 Å². The van der Waals surface area contributed by atoms with Gasteiger partial charge >= 0.3 is 0 Å². The van der Waals surface area contributed by atoms with Crippen molar-refractivity contribution in [3.05, 3.63) is 50.6 Å². The van der Waals surface area contributed by atoms with Gasteiger partial charge in [0, 0.05) is 17.0 Å². The van der Waals surface area contributed by atoms with Crippen molar-refractivity contribution in [2.75, 3.05) is 6.54 Å². The van der Waals surface area contributed by atoms with E-state index < -0.39 is 10.0 Å². The maximum Gasteiger partial charge on any atom is 0.242 e. The van der Waals surface area contributed by atoms with Crippen LogP contribution in [0.2, 0.25) is 10.0 Å². The zero-order chi connectivity index (χ0) is 16.5. The first kappa shape index (κ1) is 17.2. The molecular weight excluding hydrogens is 373 g/mol. The summed E-state index contributed by atoms with van der Waals surface area (Å²) < 4.78 is 28.0. The molecule has 1 aliphatic carbocycles. The van der Waals surface area contributed by atoms with Crippen LogP contribution < -0.4 is 4.72 Å². The van der Waals surface area contributed by atoms with Gasteiger partial charge in [0.05, 0.1) is 5.02 Å².